The van der Waals surface area contributed by atoms with Crippen molar-refractivity contribution in [2.24, 2.45) is 5.92 Å². The molecule has 0 aromatic carbocycles. The first kappa shape index (κ1) is 9.04. The average molecular weight is 165 g/mol. The van der Waals surface area contributed by atoms with Gasteiger partial charge < -0.3 is 4.74 Å². The van der Waals surface area contributed by atoms with Crippen molar-refractivity contribution in [1.29, 1.82) is 0 Å². The van der Waals surface area contributed by atoms with Gasteiger partial charge in [0.25, 0.3) is 0 Å². The summed E-state index contributed by atoms with van der Waals surface area (Å²) in [5.41, 5.74) is 0.997. The number of aryl methyl sites for hydroxylation is 1. The van der Waals surface area contributed by atoms with Crippen LogP contribution in [0, 0.1) is 12.8 Å². The van der Waals surface area contributed by atoms with E-state index >= 15 is 0 Å². The molecule has 1 rings (SSSR count). The average Bonchev–Trinajstić information content (AvgIpc) is 2.01. The zero-order valence-electron chi connectivity index (χ0n) is 7.87. The fraction of sp³-hybridized carbons (Fsp3) is 0.500. The third kappa shape index (κ3) is 2.91. The van der Waals surface area contributed by atoms with E-state index in [0.717, 1.165) is 18.1 Å². The normalized spacial score (nSPS) is 10.3. The first-order valence-electron chi connectivity index (χ1n) is 4.24. The molecule has 0 saturated carbocycles. The Kier molecular flexibility index (Phi) is 3.09. The summed E-state index contributed by atoms with van der Waals surface area (Å²) in [5.74, 6) is 1.48. The summed E-state index contributed by atoms with van der Waals surface area (Å²) in [6.45, 7) is 6.99. The van der Waals surface area contributed by atoms with Crippen molar-refractivity contribution in [2.45, 2.75) is 20.8 Å². The Bertz CT molecular complexity index is 245. The lowest BCUT2D eigenvalue weighted by molar-refractivity contribution is 0.270. The van der Waals surface area contributed by atoms with E-state index in [4.69, 9.17) is 4.74 Å². The molecule has 0 N–H and O–H groups in total. The fourth-order valence-corrected chi connectivity index (χ4v) is 0.872. The summed E-state index contributed by atoms with van der Waals surface area (Å²) >= 11 is 0. The highest BCUT2D eigenvalue weighted by atomic mass is 16.5. The largest absolute Gasteiger partial charge is 0.493 e. The third-order valence-corrected chi connectivity index (χ3v) is 1.45. The van der Waals surface area contributed by atoms with E-state index in [9.17, 15) is 0 Å². The fourth-order valence-electron chi connectivity index (χ4n) is 0.872. The maximum Gasteiger partial charge on any atom is 0.122 e. The molecule has 2 heteroatoms. The van der Waals surface area contributed by atoms with Crippen LogP contribution in [0.4, 0.5) is 0 Å². The van der Waals surface area contributed by atoms with Crippen LogP contribution in [-0.4, -0.2) is 11.6 Å². The van der Waals surface area contributed by atoms with E-state index in [1.54, 1.807) is 6.20 Å². The number of hydrogen-bond donors (Lipinski definition) is 0. The highest BCUT2D eigenvalue weighted by molar-refractivity contribution is 5.21. The molecule has 0 bridgehead atoms. The highest BCUT2D eigenvalue weighted by Gasteiger charge is 1.96. The smallest absolute Gasteiger partial charge is 0.122 e. The molecular formula is C10H15NO. The van der Waals surface area contributed by atoms with Crippen LogP contribution in [0.25, 0.3) is 0 Å². The van der Waals surface area contributed by atoms with E-state index < -0.39 is 0 Å². The monoisotopic (exact) mass is 165 g/mol. The van der Waals surface area contributed by atoms with E-state index in [-0.39, 0.29) is 0 Å². The molecule has 0 aliphatic carbocycles. The van der Waals surface area contributed by atoms with Crippen LogP contribution in [0.15, 0.2) is 18.3 Å². The van der Waals surface area contributed by atoms with Crippen molar-refractivity contribution in [3.8, 4) is 5.75 Å². The summed E-state index contributed by atoms with van der Waals surface area (Å²) in [6, 6.07) is 3.83. The first-order valence-corrected chi connectivity index (χ1v) is 4.24. The van der Waals surface area contributed by atoms with Crippen LogP contribution in [-0.2, 0) is 0 Å². The van der Waals surface area contributed by atoms with Crippen LogP contribution in [0.1, 0.15) is 19.5 Å². The van der Waals surface area contributed by atoms with Gasteiger partial charge in [-0.25, -0.2) is 0 Å². The Morgan fingerprint density at radius 1 is 1.50 bits per heavy atom. The van der Waals surface area contributed by atoms with Gasteiger partial charge in [0.1, 0.15) is 5.75 Å². The molecule has 0 amide bonds. The summed E-state index contributed by atoms with van der Waals surface area (Å²) < 4.78 is 5.51. The molecular weight excluding hydrogens is 150 g/mol. The molecule has 0 spiro atoms. The van der Waals surface area contributed by atoms with Crippen molar-refractivity contribution in [3.63, 3.8) is 0 Å². The lowest BCUT2D eigenvalue weighted by atomic mass is 10.2. The Morgan fingerprint density at radius 3 is 2.83 bits per heavy atom. The number of hydrogen-bond acceptors (Lipinski definition) is 2. The van der Waals surface area contributed by atoms with Crippen molar-refractivity contribution >= 4 is 0 Å². The van der Waals surface area contributed by atoms with E-state index in [1.165, 1.54) is 0 Å². The van der Waals surface area contributed by atoms with Crippen LogP contribution in [0.3, 0.4) is 0 Å². The van der Waals surface area contributed by atoms with Crippen LogP contribution >= 0.6 is 0 Å². The number of ether oxygens (including phenoxy) is 1. The molecule has 12 heavy (non-hydrogen) atoms. The van der Waals surface area contributed by atoms with Gasteiger partial charge in [0.05, 0.1) is 6.61 Å². The standard InChI is InChI=1S/C10H15NO/c1-8(2)7-12-10-4-5-11-9(3)6-10/h4-6,8H,7H2,1-3H3. The second-order valence-corrected chi connectivity index (χ2v) is 3.34. The zero-order valence-corrected chi connectivity index (χ0v) is 7.87. The number of rotatable bonds is 3. The van der Waals surface area contributed by atoms with Crippen LogP contribution in [0.5, 0.6) is 5.75 Å². The third-order valence-electron chi connectivity index (χ3n) is 1.45. The molecule has 0 unspecified atom stereocenters. The highest BCUT2D eigenvalue weighted by Crippen LogP contribution is 2.10. The quantitative estimate of drug-likeness (QED) is 0.686. The molecule has 66 valence electrons. The van der Waals surface area contributed by atoms with Crippen molar-refractivity contribution in [3.05, 3.63) is 24.0 Å². The molecule has 0 radical (unpaired) electrons. The lowest BCUT2D eigenvalue weighted by Gasteiger charge is -2.08. The molecule has 2 nitrogen and oxygen atoms in total. The minimum atomic E-state index is 0.568. The van der Waals surface area contributed by atoms with Gasteiger partial charge in [0.2, 0.25) is 0 Å². The summed E-state index contributed by atoms with van der Waals surface area (Å²) in [7, 11) is 0. The van der Waals surface area contributed by atoms with Crippen LogP contribution < -0.4 is 4.74 Å². The second-order valence-electron chi connectivity index (χ2n) is 3.34. The predicted octanol–water partition coefficient (Wildman–Crippen LogP) is 2.42. The van der Waals surface area contributed by atoms with Gasteiger partial charge >= 0.3 is 0 Å². The van der Waals surface area contributed by atoms with Crippen LogP contribution in [0.2, 0.25) is 0 Å². The first-order chi connectivity index (χ1) is 5.68. The van der Waals surface area contributed by atoms with Gasteiger partial charge in [-0.3, -0.25) is 4.98 Å². The number of nitrogens with zero attached hydrogens (tertiary/aromatic N) is 1. The molecule has 1 aromatic heterocycles. The van der Waals surface area contributed by atoms with Gasteiger partial charge in [0, 0.05) is 18.0 Å². The number of aromatic nitrogens is 1. The van der Waals surface area contributed by atoms with Gasteiger partial charge in [-0.2, -0.15) is 0 Å². The molecule has 0 atom stereocenters. The van der Waals surface area contributed by atoms with Gasteiger partial charge in [-0.05, 0) is 18.9 Å². The van der Waals surface area contributed by atoms with Crippen molar-refractivity contribution in [1.82, 2.24) is 4.98 Å². The Balaban J connectivity index is 2.52. The second kappa shape index (κ2) is 4.10. The minimum Gasteiger partial charge on any atom is -0.493 e. The molecule has 0 aliphatic heterocycles. The van der Waals surface area contributed by atoms with E-state index in [0.29, 0.717) is 5.92 Å². The lowest BCUT2D eigenvalue weighted by Crippen LogP contribution is -2.04. The molecule has 0 aliphatic rings. The maximum atomic E-state index is 5.51. The Labute approximate surface area is 73.6 Å². The molecule has 0 fully saturated rings. The van der Waals surface area contributed by atoms with E-state index in [1.807, 2.05) is 19.1 Å². The van der Waals surface area contributed by atoms with Gasteiger partial charge in [-0.15, -0.1) is 0 Å². The van der Waals surface area contributed by atoms with E-state index in [2.05, 4.69) is 18.8 Å². The summed E-state index contributed by atoms with van der Waals surface area (Å²) in [5, 5.41) is 0. The minimum absolute atomic E-state index is 0.568. The summed E-state index contributed by atoms with van der Waals surface area (Å²) in [6.07, 6.45) is 1.77. The molecule has 1 aromatic rings. The number of pyridine rings is 1. The van der Waals surface area contributed by atoms with Crippen molar-refractivity contribution < 1.29 is 4.74 Å². The summed E-state index contributed by atoms with van der Waals surface area (Å²) in [4.78, 5) is 4.09. The molecule has 1 heterocycles. The maximum absolute atomic E-state index is 5.51. The SMILES string of the molecule is Cc1cc(OCC(C)C)ccn1. The topological polar surface area (TPSA) is 22.1 Å². The zero-order chi connectivity index (χ0) is 8.97. The van der Waals surface area contributed by atoms with Gasteiger partial charge in [0.15, 0.2) is 0 Å². The van der Waals surface area contributed by atoms with Crippen molar-refractivity contribution in [2.75, 3.05) is 6.61 Å². The Hall–Kier alpha value is -1.05. The van der Waals surface area contributed by atoms with Gasteiger partial charge in [-0.1, -0.05) is 13.8 Å². The predicted molar refractivity (Wildman–Crippen MR) is 49.3 cm³/mol. The molecule has 0 saturated heterocycles. The Morgan fingerprint density at radius 2 is 2.25 bits per heavy atom.